The first-order chi connectivity index (χ1) is 13.6. The number of amides is 1. The van der Waals surface area contributed by atoms with Gasteiger partial charge in [0.05, 0.1) is 12.1 Å². The second kappa shape index (κ2) is 11.4. The van der Waals surface area contributed by atoms with Gasteiger partial charge in [-0.3, -0.25) is 4.79 Å². The molecule has 166 valence electrons. The van der Waals surface area contributed by atoms with Crippen molar-refractivity contribution in [3.63, 3.8) is 0 Å². The zero-order valence-corrected chi connectivity index (χ0v) is 18.7. The van der Waals surface area contributed by atoms with Crippen LogP contribution in [-0.4, -0.2) is 29.7 Å². The highest BCUT2D eigenvalue weighted by Crippen LogP contribution is 2.21. The van der Waals surface area contributed by atoms with E-state index in [0.29, 0.717) is 5.56 Å². The minimum Gasteiger partial charge on any atom is -0.390 e. The average Bonchev–Trinajstić information content (AvgIpc) is 2.64. The summed E-state index contributed by atoms with van der Waals surface area (Å²) in [5.41, 5.74) is 2.28. The molecule has 0 saturated heterocycles. The van der Waals surface area contributed by atoms with Crippen molar-refractivity contribution in [3.8, 4) is 0 Å². The third-order valence-corrected chi connectivity index (χ3v) is 5.04. The Labute approximate surface area is 183 Å². The van der Waals surface area contributed by atoms with E-state index in [9.17, 15) is 18.7 Å². The zero-order chi connectivity index (χ0) is 21.6. The molecule has 2 rings (SSSR count). The van der Waals surface area contributed by atoms with Gasteiger partial charge in [0.25, 0.3) is 0 Å². The topological polar surface area (TPSA) is 61.4 Å². The number of nitrogens with one attached hydrogen (secondary N) is 2. The second-order valence-electron chi connectivity index (χ2n) is 7.92. The van der Waals surface area contributed by atoms with Crippen molar-refractivity contribution in [2.45, 2.75) is 58.2 Å². The molecule has 30 heavy (non-hydrogen) atoms. The SMILES string of the molecule is CCc1cccc(C(C)(C)NC[C@H](O)[C@H](Cc2cc(F)cc(F)c2)NC(C)=O)c1.Cl. The molecular weight excluding hydrogens is 410 g/mol. The van der Waals surface area contributed by atoms with Crippen molar-refractivity contribution >= 4 is 18.3 Å². The Kier molecular flexibility index (Phi) is 9.88. The Morgan fingerprint density at radius 2 is 1.73 bits per heavy atom. The smallest absolute Gasteiger partial charge is 0.217 e. The molecule has 0 aliphatic rings. The molecule has 0 spiro atoms. The van der Waals surface area contributed by atoms with Gasteiger partial charge in [0.1, 0.15) is 11.6 Å². The monoisotopic (exact) mass is 440 g/mol. The van der Waals surface area contributed by atoms with Gasteiger partial charge in [-0.25, -0.2) is 8.78 Å². The Morgan fingerprint density at radius 3 is 2.30 bits per heavy atom. The van der Waals surface area contributed by atoms with Crippen LogP contribution in [0.25, 0.3) is 0 Å². The molecule has 0 unspecified atom stereocenters. The quantitative estimate of drug-likeness (QED) is 0.554. The fourth-order valence-corrected chi connectivity index (χ4v) is 3.31. The number of rotatable bonds is 9. The number of benzene rings is 2. The lowest BCUT2D eigenvalue weighted by atomic mass is 9.91. The van der Waals surface area contributed by atoms with Gasteiger partial charge in [-0.15, -0.1) is 12.4 Å². The van der Waals surface area contributed by atoms with E-state index in [-0.39, 0.29) is 31.3 Å². The van der Waals surface area contributed by atoms with E-state index in [1.165, 1.54) is 24.6 Å². The summed E-state index contributed by atoms with van der Waals surface area (Å²) in [4.78, 5) is 11.6. The lowest BCUT2D eigenvalue weighted by Gasteiger charge is -2.31. The van der Waals surface area contributed by atoms with Crippen molar-refractivity contribution < 1.29 is 18.7 Å². The van der Waals surface area contributed by atoms with Crippen molar-refractivity contribution in [3.05, 3.63) is 70.8 Å². The molecule has 0 radical (unpaired) electrons. The summed E-state index contributed by atoms with van der Waals surface area (Å²) in [5.74, 6) is -1.70. The first-order valence-electron chi connectivity index (χ1n) is 9.85. The van der Waals surface area contributed by atoms with Crippen LogP contribution >= 0.6 is 12.4 Å². The van der Waals surface area contributed by atoms with Crippen LogP contribution in [-0.2, 0) is 23.2 Å². The van der Waals surface area contributed by atoms with E-state index in [4.69, 9.17) is 0 Å². The number of aliphatic hydroxyl groups is 1. The Bertz CT molecular complexity index is 825. The Morgan fingerprint density at radius 1 is 1.10 bits per heavy atom. The van der Waals surface area contributed by atoms with Crippen LogP contribution in [0.3, 0.4) is 0 Å². The summed E-state index contributed by atoms with van der Waals surface area (Å²) in [7, 11) is 0. The van der Waals surface area contributed by atoms with E-state index in [1.807, 2.05) is 26.0 Å². The molecule has 7 heteroatoms. The van der Waals surface area contributed by atoms with E-state index in [0.717, 1.165) is 18.1 Å². The fourth-order valence-electron chi connectivity index (χ4n) is 3.31. The van der Waals surface area contributed by atoms with Crippen LogP contribution in [0.15, 0.2) is 42.5 Å². The highest BCUT2D eigenvalue weighted by molar-refractivity contribution is 5.85. The molecule has 0 heterocycles. The summed E-state index contributed by atoms with van der Waals surface area (Å²) < 4.78 is 27.0. The van der Waals surface area contributed by atoms with Gasteiger partial charge < -0.3 is 15.7 Å². The van der Waals surface area contributed by atoms with Crippen LogP contribution in [0, 0.1) is 11.6 Å². The van der Waals surface area contributed by atoms with E-state index in [2.05, 4.69) is 29.7 Å². The van der Waals surface area contributed by atoms with Gasteiger partial charge in [0.15, 0.2) is 0 Å². The zero-order valence-electron chi connectivity index (χ0n) is 17.8. The normalized spacial score (nSPS) is 13.3. The molecule has 1 amide bonds. The molecule has 0 fully saturated rings. The van der Waals surface area contributed by atoms with Gasteiger partial charge in [0.2, 0.25) is 5.91 Å². The molecule has 0 aliphatic carbocycles. The number of hydrogen-bond acceptors (Lipinski definition) is 3. The first kappa shape index (κ1) is 26.0. The largest absolute Gasteiger partial charge is 0.390 e. The van der Waals surface area contributed by atoms with Gasteiger partial charge in [-0.1, -0.05) is 31.2 Å². The van der Waals surface area contributed by atoms with Crippen molar-refractivity contribution in [2.75, 3.05) is 6.54 Å². The highest BCUT2D eigenvalue weighted by atomic mass is 35.5. The second-order valence-corrected chi connectivity index (χ2v) is 7.92. The molecule has 0 aliphatic heterocycles. The molecule has 2 aromatic carbocycles. The molecule has 2 atom stereocenters. The maximum absolute atomic E-state index is 13.5. The van der Waals surface area contributed by atoms with Gasteiger partial charge in [0, 0.05) is 25.1 Å². The summed E-state index contributed by atoms with van der Waals surface area (Å²) in [5, 5.41) is 16.7. The average molecular weight is 441 g/mol. The Hall–Kier alpha value is -2.02. The predicted molar refractivity (Wildman–Crippen MR) is 118 cm³/mol. The van der Waals surface area contributed by atoms with Gasteiger partial charge in [-0.05, 0) is 55.5 Å². The van der Waals surface area contributed by atoms with Gasteiger partial charge >= 0.3 is 0 Å². The number of halogens is 3. The van der Waals surface area contributed by atoms with Crippen LogP contribution in [0.1, 0.15) is 44.4 Å². The number of aliphatic hydroxyl groups excluding tert-OH is 1. The number of hydrogen-bond donors (Lipinski definition) is 3. The summed E-state index contributed by atoms with van der Waals surface area (Å²) in [6.07, 6.45) is 0.100. The van der Waals surface area contributed by atoms with Crippen LogP contribution in [0.5, 0.6) is 0 Å². The maximum Gasteiger partial charge on any atom is 0.217 e. The maximum atomic E-state index is 13.5. The molecule has 2 aromatic rings. The molecule has 0 bridgehead atoms. The van der Waals surface area contributed by atoms with Crippen molar-refractivity contribution in [1.29, 1.82) is 0 Å². The minimum atomic E-state index is -0.945. The number of carbonyl (C=O) groups is 1. The van der Waals surface area contributed by atoms with Crippen molar-refractivity contribution in [2.24, 2.45) is 0 Å². The van der Waals surface area contributed by atoms with E-state index in [1.54, 1.807) is 0 Å². The standard InChI is InChI=1S/C23H30F2N2O2.ClH/c1-5-16-7-6-8-18(9-16)23(3,4)26-14-22(29)21(27-15(2)28)12-17-10-19(24)13-20(25)11-17;/h6-11,13,21-22,26,29H,5,12,14H2,1-4H3,(H,27,28);1H/t21-,22-;/m0./s1. The summed E-state index contributed by atoms with van der Waals surface area (Å²) in [6.45, 7) is 7.68. The third-order valence-electron chi connectivity index (χ3n) is 5.04. The molecular formula is C23H31ClF2N2O2. The molecule has 4 nitrogen and oxygen atoms in total. The molecule has 0 aromatic heterocycles. The third kappa shape index (κ3) is 7.67. The van der Waals surface area contributed by atoms with Crippen molar-refractivity contribution in [1.82, 2.24) is 10.6 Å². The molecule has 0 saturated carbocycles. The lowest BCUT2D eigenvalue weighted by Crippen LogP contribution is -2.51. The minimum absolute atomic E-state index is 0. The van der Waals surface area contributed by atoms with Crippen LogP contribution < -0.4 is 10.6 Å². The van der Waals surface area contributed by atoms with Gasteiger partial charge in [-0.2, -0.15) is 0 Å². The summed E-state index contributed by atoms with van der Waals surface area (Å²) >= 11 is 0. The van der Waals surface area contributed by atoms with E-state index < -0.39 is 29.3 Å². The van der Waals surface area contributed by atoms with Crippen LogP contribution in [0.4, 0.5) is 8.78 Å². The first-order valence-corrected chi connectivity index (χ1v) is 9.85. The summed E-state index contributed by atoms with van der Waals surface area (Å²) in [6, 6.07) is 10.8. The predicted octanol–water partition coefficient (Wildman–Crippen LogP) is 3.88. The Balaban J connectivity index is 0.00000450. The molecule has 3 N–H and O–H groups in total. The van der Waals surface area contributed by atoms with Crippen LogP contribution in [0.2, 0.25) is 0 Å². The van der Waals surface area contributed by atoms with E-state index >= 15 is 0 Å². The number of carbonyl (C=O) groups excluding carboxylic acids is 1. The highest BCUT2D eigenvalue weighted by Gasteiger charge is 2.26. The fraction of sp³-hybridized carbons (Fsp3) is 0.435. The number of aryl methyl sites for hydroxylation is 1. The lowest BCUT2D eigenvalue weighted by molar-refractivity contribution is -0.120.